The second-order valence-electron chi connectivity index (χ2n) is 5.82. The van der Waals surface area contributed by atoms with Gasteiger partial charge in [0.2, 0.25) is 5.91 Å². The molecule has 0 radical (unpaired) electrons. The molecule has 140 valence electrons. The highest BCUT2D eigenvalue weighted by Crippen LogP contribution is 2.15. The third kappa shape index (κ3) is 7.45. The van der Waals surface area contributed by atoms with Crippen molar-refractivity contribution in [3.05, 3.63) is 35.4 Å². The van der Waals surface area contributed by atoms with E-state index < -0.39 is 18.6 Å². The summed E-state index contributed by atoms with van der Waals surface area (Å²) in [6.45, 7) is 3.43. The molecule has 0 saturated heterocycles. The summed E-state index contributed by atoms with van der Waals surface area (Å²) >= 11 is 0. The third-order valence-corrected chi connectivity index (χ3v) is 3.57. The molecular weight excluding hydrogens is 333 g/mol. The molecule has 0 aliphatic heterocycles. The summed E-state index contributed by atoms with van der Waals surface area (Å²) in [5, 5.41) is 3.05. The van der Waals surface area contributed by atoms with Crippen LogP contribution in [0.15, 0.2) is 29.3 Å². The number of aliphatic imine (C=N–C) groups is 1. The van der Waals surface area contributed by atoms with Crippen LogP contribution >= 0.6 is 0 Å². The highest BCUT2D eigenvalue weighted by atomic mass is 19.4. The number of nitrogens with one attached hydrogen (secondary N) is 1. The molecule has 1 rings (SSSR count). The minimum absolute atomic E-state index is 0.340. The lowest BCUT2D eigenvalue weighted by atomic mass is 10.1. The molecule has 0 aliphatic rings. The molecule has 0 bridgehead atoms. The largest absolute Gasteiger partial charge is 0.406 e. The van der Waals surface area contributed by atoms with E-state index in [0.29, 0.717) is 23.9 Å². The predicted molar refractivity (Wildman–Crippen MR) is 92.3 cm³/mol. The minimum atomic E-state index is -4.42. The Balaban J connectivity index is 2.75. The summed E-state index contributed by atoms with van der Waals surface area (Å²) in [4.78, 5) is 18.5. The summed E-state index contributed by atoms with van der Waals surface area (Å²) in [6, 6.07) is 7.89. The Kier molecular flexibility index (Phi) is 7.73. The molecule has 1 N–H and O–H groups in total. The van der Waals surface area contributed by atoms with Crippen LogP contribution in [0.2, 0.25) is 0 Å². The number of guanidine groups is 1. The van der Waals surface area contributed by atoms with E-state index in [1.807, 2.05) is 50.1 Å². The van der Waals surface area contributed by atoms with Gasteiger partial charge in [-0.25, -0.2) is 4.99 Å². The molecule has 1 aromatic carbocycles. The van der Waals surface area contributed by atoms with Gasteiger partial charge in [0.05, 0.1) is 0 Å². The summed E-state index contributed by atoms with van der Waals surface area (Å²) in [6.07, 6.45) is -4.42. The molecule has 0 spiro atoms. The Morgan fingerprint density at radius 2 is 1.84 bits per heavy atom. The molecule has 0 atom stereocenters. The number of likely N-dealkylation sites (N-methyl/N-ethyl adjacent to an activating group) is 1. The number of carbonyl (C=O) groups is 1. The fraction of sp³-hybridized carbons (Fsp3) is 0.529. The van der Waals surface area contributed by atoms with E-state index in [-0.39, 0.29) is 6.54 Å². The number of halogens is 3. The van der Waals surface area contributed by atoms with Crippen LogP contribution in [0.4, 0.5) is 13.2 Å². The van der Waals surface area contributed by atoms with E-state index in [0.717, 1.165) is 18.2 Å². The number of carbonyl (C=O) groups excluding carboxylic acids is 1. The lowest BCUT2D eigenvalue weighted by Gasteiger charge is -2.23. The molecule has 0 aromatic heterocycles. The Hall–Kier alpha value is -2.25. The highest BCUT2D eigenvalue weighted by Gasteiger charge is 2.31. The minimum Gasteiger partial charge on any atom is -0.357 e. The van der Waals surface area contributed by atoms with Crippen molar-refractivity contribution in [2.24, 2.45) is 4.99 Å². The Bertz CT molecular complexity index is 602. The summed E-state index contributed by atoms with van der Waals surface area (Å²) in [7, 11) is 2.94. The van der Waals surface area contributed by atoms with Crippen molar-refractivity contribution >= 4 is 11.9 Å². The van der Waals surface area contributed by atoms with Crippen molar-refractivity contribution in [2.75, 3.05) is 33.7 Å². The van der Waals surface area contributed by atoms with Gasteiger partial charge in [-0.05, 0) is 25.0 Å². The second-order valence-corrected chi connectivity index (χ2v) is 5.82. The maximum atomic E-state index is 12.3. The Labute approximate surface area is 146 Å². The van der Waals surface area contributed by atoms with Gasteiger partial charge in [-0.2, -0.15) is 13.2 Å². The molecule has 25 heavy (non-hydrogen) atoms. The van der Waals surface area contributed by atoms with Crippen LogP contribution < -0.4 is 5.32 Å². The Morgan fingerprint density at radius 1 is 1.20 bits per heavy atom. The number of nitrogens with zero attached hydrogens (tertiary/aromatic N) is 3. The van der Waals surface area contributed by atoms with Crippen molar-refractivity contribution in [1.82, 2.24) is 15.1 Å². The van der Waals surface area contributed by atoms with Gasteiger partial charge in [0, 0.05) is 27.2 Å². The monoisotopic (exact) mass is 358 g/mol. The fourth-order valence-electron chi connectivity index (χ4n) is 2.21. The first kappa shape index (κ1) is 20.8. The standard InChI is InChI=1S/C17H25F3N4O/c1-5-21-16(22-10-15(25)24(4)12-17(18,19)20)23(3)11-14-9-7-6-8-13(14)2/h6-9H,5,10-12H2,1-4H3,(H,21,22). The average Bonchev–Trinajstić information content (AvgIpc) is 2.51. The van der Waals surface area contributed by atoms with E-state index >= 15 is 0 Å². The molecule has 0 heterocycles. The lowest BCUT2D eigenvalue weighted by molar-refractivity contribution is -0.157. The number of hydrogen-bond acceptors (Lipinski definition) is 2. The topological polar surface area (TPSA) is 47.9 Å². The van der Waals surface area contributed by atoms with Crippen LogP contribution in [0.3, 0.4) is 0 Å². The van der Waals surface area contributed by atoms with Crippen LogP contribution in [0.1, 0.15) is 18.1 Å². The third-order valence-electron chi connectivity index (χ3n) is 3.57. The first-order chi connectivity index (χ1) is 11.6. The smallest absolute Gasteiger partial charge is 0.357 e. The fourth-order valence-corrected chi connectivity index (χ4v) is 2.21. The molecular formula is C17H25F3N4O. The van der Waals surface area contributed by atoms with Gasteiger partial charge in [-0.3, -0.25) is 4.79 Å². The maximum absolute atomic E-state index is 12.3. The van der Waals surface area contributed by atoms with Crippen LogP contribution in [0, 0.1) is 6.92 Å². The van der Waals surface area contributed by atoms with Crippen molar-refractivity contribution in [1.29, 1.82) is 0 Å². The molecule has 5 nitrogen and oxygen atoms in total. The van der Waals surface area contributed by atoms with Gasteiger partial charge < -0.3 is 15.1 Å². The molecule has 8 heteroatoms. The zero-order valence-electron chi connectivity index (χ0n) is 15.0. The van der Waals surface area contributed by atoms with Gasteiger partial charge >= 0.3 is 6.18 Å². The van der Waals surface area contributed by atoms with E-state index in [2.05, 4.69) is 10.3 Å². The van der Waals surface area contributed by atoms with Crippen molar-refractivity contribution in [3.8, 4) is 0 Å². The number of rotatable bonds is 6. The predicted octanol–water partition coefficient (Wildman–Crippen LogP) is 2.41. The molecule has 0 aliphatic carbocycles. The van der Waals surface area contributed by atoms with Crippen LogP contribution in [0.25, 0.3) is 0 Å². The summed E-state index contributed by atoms with van der Waals surface area (Å²) in [5.41, 5.74) is 2.24. The molecule has 0 unspecified atom stereocenters. The van der Waals surface area contributed by atoms with Crippen LogP contribution in [-0.2, 0) is 11.3 Å². The van der Waals surface area contributed by atoms with Gasteiger partial charge in [-0.15, -0.1) is 0 Å². The summed E-state index contributed by atoms with van der Waals surface area (Å²) < 4.78 is 37.0. The van der Waals surface area contributed by atoms with Crippen molar-refractivity contribution in [2.45, 2.75) is 26.6 Å². The molecule has 0 saturated carbocycles. The Morgan fingerprint density at radius 3 is 2.40 bits per heavy atom. The van der Waals surface area contributed by atoms with E-state index in [1.165, 1.54) is 0 Å². The molecule has 0 fully saturated rings. The highest BCUT2D eigenvalue weighted by molar-refractivity contribution is 5.84. The maximum Gasteiger partial charge on any atom is 0.406 e. The number of amides is 1. The quantitative estimate of drug-likeness (QED) is 0.628. The van der Waals surface area contributed by atoms with Crippen molar-refractivity contribution in [3.63, 3.8) is 0 Å². The zero-order chi connectivity index (χ0) is 19.0. The van der Waals surface area contributed by atoms with Gasteiger partial charge in [-0.1, -0.05) is 24.3 Å². The SMILES string of the molecule is CCNC(=NCC(=O)N(C)CC(F)(F)F)N(C)Cc1ccccc1C. The van der Waals surface area contributed by atoms with Gasteiger partial charge in [0.1, 0.15) is 13.1 Å². The van der Waals surface area contributed by atoms with Crippen LogP contribution in [0.5, 0.6) is 0 Å². The number of hydrogen-bond donors (Lipinski definition) is 1. The van der Waals surface area contributed by atoms with E-state index in [1.54, 1.807) is 0 Å². The van der Waals surface area contributed by atoms with Crippen molar-refractivity contribution < 1.29 is 18.0 Å². The lowest BCUT2D eigenvalue weighted by Crippen LogP contribution is -2.41. The van der Waals surface area contributed by atoms with Gasteiger partial charge in [0.15, 0.2) is 5.96 Å². The van der Waals surface area contributed by atoms with E-state index in [4.69, 9.17) is 0 Å². The van der Waals surface area contributed by atoms with E-state index in [9.17, 15) is 18.0 Å². The van der Waals surface area contributed by atoms with Gasteiger partial charge in [0.25, 0.3) is 0 Å². The van der Waals surface area contributed by atoms with Crippen LogP contribution in [-0.4, -0.2) is 61.6 Å². The second kappa shape index (κ2) is 9.29. The number of aryl methyl sites for hydroxylation is 1. The number of alkyl halides is 3. The average molecular weight is 358 g/mol. The first-order valence-electron chi connectivity index (χ1n) is 7.98. The summed E-state index contributed by atoms with van der Waals surface area (Å²) in [5.74, 6) is -0.212. The normalized spacial score (nSPS) is 12.0. The first-order valence-corrected chi connectivity index (χ1v) is 7.98. The zero-order valence-corrected chi connectivity index (χ0v) is 15.0. The molecule has 1 amide bonds. The molecule has 1 aromatic rings. The number of benzene rings is 1.